The number of amides is 1. The smallest absolute Gasteiger partial charge is 0.361 e. The number of carbonyl (C=O) groups is 1. The summed E-state index contributed by atoms with van der Waals surface area (Å²) in [5, 5.41) is 3.59. The number of aryl methyl sites for hydroxylation is 1. The fourth-order valence-electron chi connectivity index (χ4n) is 2.38. The van der Waals surface area contributed by atoms with E-state index in [1.165, 1.54) is 23.2 Å². The van der Waals surface area contributed by atoms with Crippen molar-refractivity contribution < 1.29 is 22.5 Å². The Labute approximate surface area is 141 Å². The number of hydrogen-bond acceptors (Lipinski definition) is 3. The molecule has 0 saturated heterocycles. The molecule has 7 heteroatoms. The highest BCUT2D eigenvalue weighted by atomic mass is 19.4. The van der Waals surface area contributed by atoms with Crippen molar-refractivity contribution in [2.24, 2.45) is 0 Å². The van der Waals surface area contributed by atoms with Crippen LogP contribution in [0, 0.1) is 6.92 Å². The minimum atomic E-state index is -4.44. The predicted molar refractivity (Wildman–Crippen MR) is 85.6 cm³/mol. The fourth-order valence-corrected chi connectivity index (χ4v) is 2.38. The van der Waals surface area contributed by atoms with Crippen molar-refractivity contribution in [2.75, 3.05) is 4.90 Å². The van der Waals surface area contributed by atoms with Gasteiger partial charge in [0.05, 0.1) is 11.8 Å². The largest absolute Gasteiger partial charge is 0.416 e. The van der Waals surface area contributed by atoms with E-state index < -0.39 is 17.6 Å². The van der Waals surface area contributed by atoms with E-state index in [4.69, 9.17) is 4.52 Å². The highest BCUT2D eigenvalue weighted by Gasteiger charge is 2.31. The number of benzene rings is 2. The molecule has 1 heterocycles. The molecular weight excluding hydrogens is 333 g/mol. The Bertz CT molecular complexity index is 871. The van der Waals surface area contributed by atoms with Gasteiger partial charge in [-0.1, -0.05) is 23.4 Å². The second-order valence-corrected chi connectivity index (χ2v) is 5.32. The zero-order valence-corrected chi connectivity index (χ0v) is 13.1. The van der Waals surface area contributed by atoms with Crippen LogP contribution >= 0.6 is 0 Å². The van der Waals surface area contributed by atoms with Crippen molar-refractivity contribution in [1.29, 1.82) is 0 Å². The first-order valence-electron chi connectivity index (χ1n) is 7.36. The lowest BCUT2D eigenvalue weighted by Gasteiger charge is -2.23. The maximum atomic E-state index is 12.9. The Morgan fingerprint density at radius 3 is 2.12 bits per heavy atom. The van der Waals surface area contributed by atoms with Gasteiger partial charge in [0.15, 0.2) is 0 Å². The van der Waals surface area contributed by atoms with Crippen LogP contribution < -0.4 is 4.90 Å². The topological polar surface area (TPSA) is 46.3 Å². The van der Waals surface area contributed by atoms with Crippen LogP contribution in [0.3, 0.4) is 0 Å². The highest BCUT2D eigenvalue weighted by Crippen LogP contribution is 2.33. The van der Waals surface area contributed by atoms with Crippen LogP contribution in [0.25, 0.3) is 0 Å². The van der Waals surface area contributed by atoms with E-state index in [1.54, 1.807) is 37.3 Å². The van der Waals surface area contributed by atoms with Gasteiger partial charge < -0.3 is 4.52 Å². The van der Waals surface area contributed by atoms with Crippen molar-refractivity contribution in [3.05, 3.63) is 77.7 Å². The van der Waals surface area contributed by atoms with Gasteiger partial charge in [-0.3, -0.25) is 9.69 Å². The average Bonchev–Trinajstić information content (AvgIpc) is 3.02. The summed E-state index contributed by atoms with van der Waals surface area (Å²) in [6.45, 7) is 1.59. The summed E-state index contributed by atoms with van der Waals surface area (Å²) in [5.74, 6) is -0.109. The third-order valence-electron chi connectivity index (χ3n) is 3.65. The van der Waals surface area contributed by atoms with Crippen molar-refractivity contribution in [2.45, 2.75) is 13.1 Å². The summed E-state index contributed by atoms with van der Waals surface area (Å²) in [4.78, 5) is 14.2. The highest BCUT2D eigenvalue weighted by molar-refractivity contribution is 6.11. The maximum absolute atomic E-state index is 12.9. The first-order valence-corrected chi connectivity index (χ1v) is 7.36. The van der Waals surface area contributed by atoms with Crippen LogP contribution in [0.2, 0.25) is 0 Å². The van der Waals surface area contributed by atoms with Gasteiger partial charge >= 0.3 is 6.18 Å². The molecule has 0 N–H and O–H groups in total. The summed E-state index contributed by atoms with van der Waals surface area (Å²) in [6.07, 6.45) is -3.15. The van der Waals surface area contributed by atoms with E-state index in [0.717, 1.165) is 12.1 Å². The summed E-state index contributed by atoms with van der Waals surface area (Å²) in [6, 6.07) is 13.0. The monoisotopic (exact) mass is 346 g/mol. The molecule has 1 amide bonds. The molecule has 128 valence electrons. The van der Waals surface area contributed by atoms with E-state index in [-0.39, 0.29) is 5.56 Å². The number of alkyl halides is 3. The molecule has 0 atom stereocenters. The molecule has 4 nitrogen and oxygen atoms in total. The number of anilines is 2. The molecule has 0 unspecified atom stereocenters. The summed E-state index contributed by atoms with van der Waals surface area (Å²) in [5.41, 5.74) is 0.291. The zero-order valence-electron chi connectivity index (χ0n) is 13.1. The molecule has 0 spiro atoms. The molecule has 0 fully saturated rings. The van der Waals surface area contributed by atoms with Gasteiger partial charge in [0.1, 0.15) is 11.3 Å². The number of carbonyl (C=O) groups excluding carboxylic acids is 1. The van der Waals surface area contributed by atoms with Crippen LogP contribution in [0.5, 0.6) is 0 Å². The minimum absolute atomic E-state index is 0.240. The molecule has 0 aliphatic carbocycles. The quantitative estimate of drug-likeness (QED) is 0.672. The standard InChI is InChI=1S/C18H13F3N2O2/c1-12-16(11-22-25-12)17(24)23(14-5-3-2-4-6-14)15-9-7-13(8-10-15)18(19,20)21/h2-11H,1H3. The fraction of sp³-hybridized carbons (Fsp3) is 0.111. The molecule has 2 aromatic carbocycles. The van der Waals surface area contributed by atoms with E-state index in [9.17, 15) is 18.0 Å². The van der Waals surface area contributed by atoms with E-state index in [1.807, 2.05) is 0 Å². The van der Waals surface area contributed by atoms with Gasteiger partial charge in [0.2, 0.25) is 0 Å². The lowest BCUT2D eigenvalue weighted by molar-refractivity contribution is -0.137. The lowest BCUT2D eigenvalue weighted by Crippen LogP contribution is -2.26. The van der Waals surface area contributed by atoms with E-state index >= 15 is 0 Å². The number of aromatic nitrogens is 1. The number of rotatable bonds is 3. The number of hydrogen-bond donors (Lipinski definition) is 0. The molecule has 3 aromatic rings. The van der Waals surface area contributed by atoms with E-state index in [0.29, 0.717) is 17.1 Å². The second-order valence-electron chi connectivity index (χ2n) is 5.32. The third kappa shape index (κ3) is 3.40. The Hall–Kier alpha value is -3.09. The van der Waals surface area contributed by atoms with Gasteiger partial charge in [0, 0.05) is 11.4 Å². The molecule has 1 aromatic heterocycles. The van der Waals surface area contributed by atoms with Crippen LogP contribution in [0.15, 0.2) is 65.3 Å². The molecule has 0 bridgehead atoms. The Morgan fingerprint density at radius 1 is 1.00 bits per heavy atom. The number of para-hydroxylation sites is 1. The average molecular weight is 346 g/mol. The van der Waals surface area contributed by atoms with Crippen LogP contribution in [0.4, 0.5) is 24.5 Å². The number of halogens is 3. The third-order valence-corrected chi connectivity index (χ3v) is 3.65. The second kappa shape index (κ2) is 6.43. The molecule has 0 aliphatic heterocycles. The Morgan fingerprint density at radius 2 is 1.60 bits per heavy atom. The van der Waals surface area contributed by atoms with Crippen molar-refractivity contribution in [3.8, 4) is 0 Å². The molecule has 0 aliphatic rings. The van der Waals surface area contributed by atoms with Gasteiger partial charge in [0.25, 0.3) is 5.91 Å². The normalized spacial score (nSPS) is 11.4. The summed E-state index contributed by atoms with van der Waals surface area (Å²) < 4.78 is 43.3. The van der Waals surface area contributed by atoms with Gasteiger partial charge in [-0.05, 0) is 43.3 Å². The van der Waals surface area contributed by atoms with Gasteiger partial charge in [-0.2, -0.15) is 13.2 Å². The maximum Gasteiger partial charge on any atom is 0.416 e. The Kier molecular flexibility index (Phi) is 4.31. The summed E-state index contributed by atoms with van der Waals surface area (Å²) >= 11 is 0. The molecule has 25 heavy (non-hydrogen) atoms. The van der Waals surface area contributed by atoms with Crippen LogP contribution in [-0.2, 0) is 6.18 Å². The Balaban J connectivity index is 2.06. The van der Waals surface area contributed by atoms with Crippen molar-refractivity contribution in [1.82, 2.24) is 5.16 Å². The van der Waals surface area contributed by atoms with Crippen molar-refractivity contribution in [3.63, 3.8) is 0 Å². The predicted octanol–water partition coefficient (Wildman–Crippen LogP) is 4.98. The molecule has 0 saturated carbocycles. The molecule has 3 rings (SSSR count). The summed E-state index contributed by atoms with van der Waals surface area (Å²) in [7, 11) is 0. The zero-order chi connectivity index (χ0) is 18.0. The first-order chi connectivity index (χ1) is 11.9. The van der Waals surface area contributed by atoms with E-state index in [2.05, 4.69) is 5.16 Å². The van der Waals surface area contributed by atoms with Gasteiger partial charge in [-0.15, -0.1) is 0 Å². The lowest BCUT2D eigenvalue weighted by atomic mass is 10.1. The molecular formula is C18H13F3N2O2. The van der Waals surface area contributed by atoms with Gasteiger partial charge in [-0.25, -0.2) is 0 Å². The first kappa shape index (κ1) is 16.8. The molecule has 0 radical (unpaired) electrons. The SMILES string of the molecule is Cc1oncc1C(=O)N(c1ccccc1)c1ccc(C(F)(F)F)cc1. The number of nitrogens with zero attached hydrogens (tertiary/aromatic N) is 2. The van der Waals surface area contributed by atoms with Crippen LogP contribution in [0.1, 0.15) is 21.7 Å². The van der Waals surface area contributed by atoms with Crippen molar-refractivity contribution >= 4 is 17.3 Å². The van der Waals surface area contributed by atoms with Crippen LogP contribution in [-0.4, -0.2) is 11.1 Å². The minimum Gasteiger partial charge on any atom is -0.361 e.